The zero-order valence-electron chi connectivity index (χ0n) is 27.6. The van der Waals surface area contributed by atoms with Crippen molar-refractivity contribution in [2.45, 2.75) is 78.6 Å². The highest BCUT2D eigenvalue weighted by Crippen LogP contribution is 2.53. The van der Waals surface area contributed by atoms with E-state index >= 15 is 0 Å². The van der Waals surface area contributed by atoms with Crippen molar-refractivity contribution in [1.29, 1.82) is 0 Å². The second-order valence-corrected chi connectivity index (χ2v) is 35.7. The maximum absolute atomic E-state index is 2.66. The number of benzene rings is 5. The molecule has 0 atom stereocenters. The Balaban J connectivity index is 1.65. The van der Waals surface area contributed by atoms with Gasteiger partial charge in [0.2, 0.25) is 0 Å². The Morgan fingerprint density at radius 2 is 0.548 bits per heavy atom. The third-order valence-corrected chi connectivity index (χ3v) is 16.4. The topological polar surface area (TPSA) is 13.0 Å². The van der Waals surface area contributed by atoms with Gasteiger partial charge in [0.25, 0.3) is 0 Å². The van der Waals surface area contributed by atoms with E-state index in [0.29, 0.717) is 0 Å². The average Bonchev–Trinajstić information content (AvgIpc) is 2.87. The van der Waals surface area contributed by atoms with E-state index in [0.717, 1.165) is 0 Å². The van der Waals surface area contributed by atoms with Gasteiger partial charge in [-0.25, -0.2) is 0 Å². The van der Waals surface area contributed by atoms with E-state index in [9.17, 15) is 0 Å². The largest absolute Gasteiger partial charge is 0.427 e. The molecule has 0 N–H and O–H groups in total. The van der Waals surface area contributed by atoms with Gasteiger partial charge in [-0.15, -0.1) is 0 Å². The van der Waals surface area contributed by atoms with Crippen molar-refractivity contribution in [3.05, 3.63) is 48.5 Å². The van der Waals surface area contributed by atoms with Gasteiger partial charge < -0.3 is 17.9 Å². The van der Waals surface area contributed by atoms with Gasteiger partial charge in [-0.3, -0.25) is 0 Å². The Morgan fingerprint density at radius 3 is 0.738 bits per heavy atom. The quantitative estimate of drug-likeness (QED) is 0.113. The predicted octanol–water partition coefficient (Wildman–Crippen LogP) is 9.40. The zero-order valence-corrected chi connectivity index (χ0v) is 31.6. The third kappa shape index (κ3) is 3.90. The summed E-state index contributed by atoms with van der Waals surface area (Å²) >= 11 is 0. The van der Waals surface area contributed by atoms with Gasteiger partial charge in [0.05, 0.1) is 0 Å². The molecule has 0 aliphatic carbocycles. The number of anilines is 4. The molecular formula is C32H44B2N4Si4. The van der Waals surface area contributed by atoms with Crippen LogP contribution < -0.4 is 17.9 Å². The first kappa shape index (κ1) is 28.4. The van der Waals surface area contributed by atoms with Crippen molar-refractivity contribution < 1.29 is 0 Å². The predicted molar refractivity (Wildman–Crippen MR) is 202 cm³/mol. The van der Waals surface area contributed by atoms with Crippen molar-refractivity contribution in [1.82, 2.24) is 0 Å². The molecule has 0 aromatic heterocycles. The van der Waals surface area contributed by atoms with E-state index in [-0.39, 0.29) is 0 Å². The first-order valence-corrected chi connectivity index (χ1v) is 29.3. The summed E-state index contributed by atoms with van der Waals surface area (Å²) in [7, 11) is -1.79. The lowest BCUT2D eigenvalue weighted by molar-refractivity contribution is 1.35. The monoisotopic (exact) mass is 618 g/mol. The summed E-state index contributed by atoms with van der Waals surface area (Å²) in [6, 6.07) is 19.5. The van der Waals surface area contributed by atoms with E-state index in [4.69, 9.17) is 0 Å². The highest BCUT2D eigenvalue weighted by molar-refractivity contribution is 6.98. The molecule has 0 spiro atoms. The second-order valence-electron chi connectivity index (χ2n) is 16.4. The fourth-order valence-electron chi connectivity index (χ4n) is 7.24. The van der Waals surface area contributed by atoms with Crippen LogP contribution in [0.3, 0.4) is 0 Å². The van der Waals surface area contributed by atoms with Crippen molar-refractivity contribution in [3.63, 3.8) is 0 Å². The molecule has 214 valence electrons. The van der Waals surface area contributed by atoms with Crippen molar-refractivity contribution in [2.24, 2.45) is 0 Å². The standard InChI is InChI=1S/C32H44B2N4Si4/c1-39(2,3)35-25-17-13-21-23-15-19-27-32-28(38(42(10,11)12)34-37(27)41(7,8)9)20-16-24(30(23)32)22-14-18-26(31(25)29(21)22)36(33-35)40(4,5)6/h13-20H,1-12H3. The normalized spacial score (nSPS) is 16.3. The number of rotatable bonds is 4. The van der Waals surface area contributed by atoms with Gasteiger partial charge in [-0.2, -0.15) is 0 Å². The lowest BCUT2D eigenvalue weighted by Gasteiger charge is -2.49. The molecule has 2 aliphatic rings. The number of fused-ring (bicyclic) bond motifs is 2. The summed E-state index contributed by atoms with van der Waals surface area (Å²) in [6.07, 6.45) is 0. The molecule has 5 aromatic carbocycles. The van der Waals surface area contributed by atoms with Crippen molar-refractivity contribution in [3.8, 4) is 0 Å². The first-order chi connectivity index (χ1) is 19.4. The first-order valence-electron chi connectivity index (χ1n) is 15.5. The summed E-state index contributed by atoms with van der Waals surface area (Å²) in [5.74, 6) is 0. The molecule has 2 aliphatic heterocycles. The van der Waals surface area contributed by atoms with E-state index in [1.54, 1.807) is 0 Å². The summed E-state index contributed by atoms with van der Waals surface area (Å²) in [5, 5.41) is 11.3. The Hall–Kier alpha value is -2.40. The Kier molecular flexibility index (Phi) is 5.82. The van der Waals surface area contributed by atoms with Crippen molar-refractivity contribution in [2.75, 3.05) is 17.9 Å². The van der Waals surface area contributed by atoms with Crippen LogP contribution in [0.25, 0.3) is 43.1 Å². The van der Waals surface area contributed by atoms with Gasteiger partial charge in [-0.05, 0) is 45.8 Å². The maximum Gasteiger partial charge on any atom is 0.373 e. The van der Waals surface area contributed by atoms with Crippen LogP contribution in [-0.4, -0.2) is 48.0 Å². The van der Waals surface area contributed by atoms with Gasteiger partial charge in [0.15, 0.2) is 0 Å². The molecule has 0 amide bonds. The number of hydrogen-bond donors (Lipinski definition) is 0. The third-order valence-electron chi connectivity index (χ3n) is 9.20. The molecule has 10 heteroatoms. The van der Waals surface area contributed by atoms with E-state index in [2.05, 4.69) is 160 Å². The van der Waals surface area contributed by atoms with Crippen LogP contribution in [0.2, 0.25) is 78.6 Å². The smallest absolute Gasteiger partial charge is 0.373 e. The van der Waals surface area contributed by atoms with Crippen LogP contribution in [0.5, 0.6) is 0 Å². The lowest BCUT2D eigenvalue weighted by atomic mass is 9.85. The Bertz CT molecular complexity index is 1650. The molecule has 0 fully saturated rings. The molecule has 0 unspecified atom stereocenters. The molecule has 0 bridgehead atoms. The fourth-order valence-corrected chi connectivity index (χ4v) is 13.0. The summed E-state index contributed by atoms with van der Waals surface area (Å²) in [6.45, 7) is 29.6. The molecule has 5 aromatic rings. The summed E-state index contributed by atoms with van der Waals surface area (Å²) in [4.78, 5) is 0. The molecule has 7 rings (SSSR count). The highest BCUT2D eigenvalue weighted by atomic mass is 28.3. The minimum atomic E-state index is -1.68. The highest BCUT2D eigenvalue weighted by Gasteiger charge is 2.41. The van der Waals surface area contributed by atoms with Crippen LogP contribution in [-0.2, 0) is 0 Å². The fraction of sp³-hybridized carbons (Fsp3) is 0.375. The SMILES string of the molecule is C[Si](C)(C)N1[B]N([Si](C)(C)C)c2ccc3c4ccc5c6c(ccc(c7ccc1c2c73)c64)N([Si](C)(C)C)[B]N5[Si](C)(C)C. The van der Waals surface area contributed by atoms with Gasteiger partial charge in [0, 0.05) is 44.3 Å². The van der Waals surface area contributed by atoms with Gasteiger partial charge >= 0.3 is 15.1 Å². The van der Waals surface area contributed by atoms with Crippen LogP contribution in [0.15, 0.2) is 48.5 Å². The zero-order chi connectivity index (χ0) is 30.3. The minimum absolute atomic E-state index is 1.39. The van der Waals surface area contributed by atoms with Gasteiger partial charge in [-0.1, -0.05) is 103 Å². The van der Waals surface area contributed by atoms with Crippen LogP contribution in [0.4, 0.5) is 22.7 Å². The van der Waals surface area contributed by atoms with Crippen molar-refractivity contribution >= 4 is 114 Å². The van der Waals surface area contributed by atoms with Crippen LogP contribution in [0, 0.1) is 0 Å². The average molecular weight is 619 g/mol. The van der Waals surface area contributed by atoms with E-state index in [1.807, 2.05) is 0 Å². The molecule has 2 radical (unpaired) electrons. The molecule has 4 nitrogen and oxygen atoms in total. The maximum atomic E-state index is 2.66. The number of hydrogen-bond acceptors (Lipinski definition) is 4. The molecule has 42 heavy (non-hydrogen) atoms. The molecular weight excluding hydrogens is 574 g/mol. The van der Waals surface area contributed by atoms with Gasteiger partial charge in [0.1, 0.15) is 32.9 Å². The van der Waals surface area contributed by atoms with E-state index < -0.39 is 32.9 Å². The Morgan fingerprint density at radius 1 is 0.333 bits per heavy atom. The minimum Gasteiger partial charge on any atom is -0.427 e. The van der Waals surface area contributed by atoms with E-state index in [1.165, 1.54) is 65.8 Å². The second kappa shape index (κ2) is 8.61. The van der Waals surface area contributed by atoms with Crippen LogP contribution >= 0.6 is 0 Å². The molecule has 2 heterocycles. The summed E-state index contributed by atoms with van der Waals surface area (Å²) in [5.41, 5.74) is 5.55. The Labute approximate surface area is 257 Å². The lowest BCUT2D eigenvalue weighted by Crippen LogP contribution is -2.62. The van der Waals surface area contributed by atoms with Crippen LogP contribution in [0.1, 0.15) is 0 Å². The number of nitrogens with zero attached hydrogens (tertiary/aromatic N) is 4. The summed E-state index contributed by atoms with van der Waals surface area (Å²) < 4.78 is 10.6. The molecule has 0 saturated carbocycles. The molecule has 0 saturated heterocycles.